The van der Waals surface area contributed by atoms with Gasteiger partial charge in [-0.1, -0.05) is 30.6 Å². The summed E-state index contributed by atoms with van der Waals surface area (Å²) in [5.74, 6) is -0.303. The van der Waals surface area contributed by atoms with E-state index in [0.717, 1.165) is 6.07 Å². The van der Waals surface area contributed by atoms with Crippen LogP contribution in [0.15, 0.2) is 22.7 Å². The highest BCUT2D eigenvalue weighted by Gasteiger charge is 2.25. The topological polar surface area (TPSA) is 140 Å². The molecule has 11 heteroatoms. The first-order valence-corrected chi connectivity index (χ1v) is 8.88. The molecule has 0 saturated heterocycles. The van der Waals surface area contributed by atoms with Gasteiger partial charge in [0.25, 0.3) is 11.6 Å². The summed E-state index contributed by atoms with van der Waals surface area (Å²) in [6.45, 7) is 5.50. The first kappa shape index (κ1) is 21.3. The van der Waals surface area contributed by atoms with E-state index in [2.05, 4.69) is 20.8 Å². The van der Waals surface area contributed by atoms with Crippen molar-refractivity contribution in [2.24, 2.45) is 5.92 Å². The zero-order chi connectivity index (χ0) is 20.8. The monoisotopic (exact) mass is 409 g/mol. The van der Waals surface area contributed by atoms with E-state index in [1.54, 1.807) is 20.8 Å². The Hall–Kier alpha value is -3.01. The molecule has 0 spiro atoms. The van der Waals surface area contributed by atoms with E-state index >= 15 is 0 Å². The number of benzene rings is 1. The molecule has 2 rings (SSSR count). The number of nitrogens with zero attached hydrogens (tertiary/aromatic N) is 3. The van der Waals surface area contributed by atoms with Crippen molar-refractivity contribution in [3.63, 3.8) is 0 Å². The Bertz CT molecular complexity index is 883. The molecule has 0 aliphatic carbocycles. The zero-order valence-corrected chi connectivity index (χ0v) is 16.3. The lowest BCUT2D eigenvalue weighted by molar-refractivity contribution is -0.384. The van der Waals surface area contributed by atoms with Crippen LogP contribution in [0.4, 0.5) is 5.69 Å². The van der Waals surface area contributed by atoms with Crippen molar-refractivity contribution >= 4 is 29.1 Å². The number of nitro groups is 1. The molecule has 0 aliphatic rings. The number of nitrogens with one attached hydrogen (secondary N) is 2. The normalized spacial score (nSPS) is 11.9. The minimum absolute atomic E-state index is 0.0379. The van der Waals surface area contributed by atoms with Crippen molar-refractivity contribution < 1.29 is 19.0 Å². The molecule has 150 valence electrons. The first-order chi connectivity index (χ1) is 13.2. The Morgan fingerprint density at radius 1 is 1.36 bits per heavy atom. The van der Waals surface area contributed by atoms with Crippen molar-refractivity contribution in [2.75, 3.05) is 6.54 Å². The lowest BCUT2D eigenvalue weighted by Crippen LogP contribution is -2.50. The lowest BCUT2D eigenvalue weighted by atomic mass is 10.0. The molecule has 0 bridgehead atoms. The van der Waals surface area contributed by atoms with Gasteiger partial charge in [0.05, 0.1) is 4.92 Å². The average Bonchev–Trinajstić information content (AvgIpc) is 3.04. The van der Waals surface area contributed by atoms with E-state index in [0.29, 0.717) is 18.1 Å². The smallest absolute Gasteiger partial charge is 0.288 e. The predicted molar refractivity (Wildman–Crippen MR) is 99.9 cm³/mol. The second kappa shape index (κ2) is 9.27. The van der Waals surface area contributed by atoms with E-state index in [4.69, 9.17) is 16.1 Å². The van der Waals surface area contributed by atoms with Gasteiger partial charge in [-0.3, -0.25) is 19.7 Å². The molecule has 28 heavy (non-hydrogen) atoms. The minimum Gasteiger partial charge on any atom is -0.354 e. The van der Waals surface area contributed by atoms with Gasteiger partial charge in [-0.05, 0) is 25.0 Å². The van der Waals surface area contributed by atoms with E-state index in [-0.39, 0.29) is 34.6 Å². The van der Waals surface area contributed by atoms with Gasteiger partial charge >= 0.3 is 0 Å². The van der Waals surface area contributed by atoms with Gasteiger partial charge in [0.15, 0.2) is 5.82 Å². The Labute approximate surface area is 165 Å². The van der Waals surface area contributed by atoms with Crippen molar-refractivity contribution in [3.8, 4) is 0 Å². The lowest BCUT2D eigenvalue weighted by Gasteiger charge is -2.21. The number of nitro benzene ring substituents is 1. The molecule has 0 aliphatic heterocycles. The average molecular weight is 410 g/mol. The van der Waals surface area contributed by atoms with Gasteiger partial charge < -0.3 is 15.2 Å². The number of aryl methyl sites for hydroxylation is 1. The predicted octanol–water partition coefficient (Wildman–Crippen LogP) is 2.05. The summed E-state index contributed by atoms with van der Waals surface area (Å²) >= 11 is 5.76. The molecule has 2 N–H and O–H groups in total. The molecule has 2 aromatic rings. The molecule has 1 aromatic heterocycles. The molecular formula is C17H20ClN5O5. The zero-order valence-electron chi connectivity index (χ0n) is 15.6. The Kier molecular flexibility index (Phi) is 7.05. The number of hydrogen-bond acceptors (Lipinski definition) is 7. The van der Waals surface area contributed by atoms with Crippen LogP contribution in [0.5, 0.6) is 0 Å². The van der Waals surface area contributed by atoms with E-state index in [1.807, 2.05) is 0 Å². The molecule has 0 fully saturated rings. The Morgan fingerprint density at radius 3 is 2.64 bits per heavy atom. The van der Waals surface area contributed by atoms with Crippen molar-refractivity contribution in [2.45, 2.75) is 33.2 Å². The third kappa shape index (κ3) is 5.49. The first-order valence-electron chi connectivity index (χ1n) is 8.50. The summed E-state index contributed by atoms with van der Waals surface area (Å²) in [7, 11) is 0. The van der Waals surface area contributed by atoms with E-state index < -0.39 is 16.9 Å². The summed E-state index contributed by atoms with van der Waals surface area (Å²) in [4.78, 5) is 39.3. The summed E-state index contributed by atoms with van der Waals surface area (Å²) < 4.78 is 4.97. The Balaban J connectivity index is 2.01. The molecule has 1 unspecified atom stereocenters. The number of carbonyl (C=O) groups excluding carboxylic acids is 2. The quantitative estimate of drug-likeness (QED) is 0.502. The summed E-state index contributed by atoms with van der Waals surface area (Å²) in [6, 6.07) is 2.88. The van der Waals surface area contributed by atoms with Gasteiger partial charge in [-0.2, -0.15) is 4.98 Å². The molecule has 2 amide bonds. The van der Waals surface area contributed by atoms with Crippen LogP contribution in [0.25, 0.3) is 0 Å². The molecular weight excluding hydrogens is 390 g/mol. The SMILES string of the molecule is Cc1noc(CCNC(=O)C(NC(=O)c2ccc(Cl)c([N+](=O)[O-])c2)C(C)C)n1. The van der Waals surface area contributed by atoms with Crippen molar-refractivity contribution in [1.29, 1.82) is 0 Å². The second-order valence-electron chi connectivity index (χ2n) is 6.39. The summed E-state index contributed by atoms with van der Waals surface area (Å²) in [6.07, 6.45) is 0.356. The standard InChI is InChI=1S/C17H20ClN5O5/c1-9(2)15(17(25)19-7-6-14-20-10(3)22-28-14)21-16(24)11-4-5-12(18)13(8-11)23(26)27/h4-5,8-9,15H,6-7H2,1-3H3,(H,19,25)(H,21,24). The number of amides is 2. The number of aromatic nitrogens is 2. The van der Waals surface area contributed by atoms with Gasteiger partial charge in [0.2, 0.25) is 11.8 Å². The van der Waals surface area contributed by atoms with Gasteiger partial charge in [0.1, 0.15) is 11.1 Å². The summed E-state index contributed by atoms with van der Waals surface area (Å²) in [5, 5.41) is 19.9. The second-order valence-corrected chi connectivity index (χ2v) is 6.80. The number of halogens is 1. The maximum Gasteiger partial charge on any atom is 0.288 e. The highest BCUT2D eigenvalue weighted by molar-refractivity contribution is 6.32. The number of rotatable bonds is 8. The fourth-order valence-electron chi connectivity index (χ4n) is 2.40. The van der Waals surface area contributed by atoms with Crippen LogP contribution in [-0.2, 0) is 11.2 Å². The highest BCUT2D eigenvalue weighted by Crippen LogP contribution is 2.25. The fraction of sp³-hybridized carbons (Fsp3) is 0.412. The minimum atomic E-state index is -0.827. The van der Waals surface area contributed by atoms with Gasteiger partial charge in [-0.15, -0.1) is 0 Å². The van der Waals surface area contributed by atoms with Crippen LogP contribution in [0.3, 0.4) is 0 Å². The fourth-order valence-corrected chi connectivity index (χ4v) is 2.58. The maximum atomic E-state index is 12.5. The number of hydrogen-bond donors (Lipinski definition) is 2. The Morgan fingerprint density at radius 2 is 2.07 bits per heavy atom. The van der Waals surface area contributed by atoms with Crippen LogP contribution >= 0.6 is 11.6 Å². The van der Waals surface area contributed by atoms with Crippen molar-refractivity contribution in [1.82, 2.24) is 20.8 Å². The van der Waals surface area contributed by atoms with Crippen LogP contribution in [0.2, 0.25) is 5.02 Å². The van der Waals surface area contributed by atoms with Crippen molar-refractivity contribution in [3.05, 3.63) is 50.6 Å². The third-order valence-corrected chi connectivity index (χ3v) is 4.17. The van der Waals surface area contributed by atoms with Crippen LogP contribution in [0.1, 0.15) is 35.9 Å². The van der Waals surface area contributed by atoms with Gasteiger partial charge in [0, 0.05) is 24.6 Å². The number of carbonyl (C=O) groups is 2. The largest absolute Gasteiger partial charge is 0.354 e. The van der Waals surface area contributed by atoms with Crippen LogP contribution < -0.4 is 10.6 Å². The molecule has 0 saturated carbocycles. The van der Waals surface area contributed by atoms with Gasteiger partial charge in [-0.25, -0.2) is 0 Å². The molecule has 10 nitrogen and oxygen atoms in total. The van der Waals surface area contributed by atoms with Crippen LogP contribution in [0, 0.1) is 23.0 Å². The van der Waals surface area contributed by atoms with Crippen LogP contribution in [-0.4, -0.2) is 39.5 Å². The molecule has 1 atom stereocenters. The van der Waals surface area contributed by atoms with E-state index in [1.165, 1.54) is 12.1 Å². The summed E-state index contributed by atoms with van der Waals surface area (Å²) in [5.41, 5.74) is -0.342. The molecule has 0 radical (unpaired) electrons. The highest BCUT2D eigenvalue weighted by atomic mass is 35.5. The molecule has 1 heterocycles. The maximum absolute atomic E-state index is 12.5. The molecule has 1 aromatic carbocycles. The third-order valence-electron chi connectivity index (χ3n) is 3.85. The van der Waals surface area contributed by atoms with E-state index in [9.17, 15) is 19.7 Å².